The number of anilines is 2. The maximum atomic E-state index is 4.22. The first-order chi connectivity index (χ1) is 7.74. The lowest BCUT2D eigenvalue weighted by atomic mass is 10.2. The molecule has 0 spiro atoms. The van der Waals surface area contributed by atoms with Crippen LogP contribution in [-0.4, -0.2) is 35.1 Å². The molecule has 1 aliphatic heterocycles. The first-order valence-electron chi connectivity index (χ1n) is 5.80. The second-order valence-electron chi connectivity index (χ2n) is 4.42. The molecular weight excluding hydrogens is 202 g/mol. The molecule has 88 valence electrons. The van der Waals surface area contributed by atoms with Crippen LogP contribution in [0.25, 0.3) is 0 Å². The van der Waals surface area contributed by atoms with Crippen LogP contribution in [0.3, 0.4) is 0 Å². The van der Waals surface area contributed by atoms with Gasteiger partial charge in [-0.25, -0.2) is 9.97 Å². The van der Waals surface area contributed by atoms with Gasteiger partial charge in [0, 0.05) is 24.7 Å². The highest BCUT2D eigenvalue weighted by atomic mass is 15.1. The van der Waals surface area contributed by atoms with Crippen molar-refractivity contribution in [2.75, 3.05) is 23.7 Å². The molecule has 0 radical (unpaired) electrons. The lowest BCUT2D eigenvalue weighted by Crippen LogP contribution is -2.23. The second kappa shape index (κ2) is 5.12. The van der Waals surface area contributed by atoms with Crippen LogP contribution in [0.4, 0.5) is 11.6 Å². The summed E-state index contributed by atoms with van der Waals surface area (Å²) in [5.74, 6) is 1.77. The molecule has 5 nitrogen and oxygen atoms in total. The van der Waals surface area contributed by atoms with E-state index in [1.165, 1.54) is 0 Å². The summed E-state index contributed by atoms with van der Waals surface area (Å²) in [7, 11) is 0. The first kappa shape index (κ1) is 11.1. The van der Waals surface area contributed by atoms with Crippen molar-refractivity contribution in [1.82, 2.24) is 15.3 Å². The van der Waals surface area contributed by atoms with Crippen molar-refractivity contribution in [2.24, 2.45) is 0 Å². The molecule has 0 aliphatic carbocycles. The molecule has 0 bridgehead atoms. The normalized spacial score (nSPS) is 20.1. The molecule has 0 saturated carbocycles. The zero-order valence-corrected chi connectivity index (χ0v) is 9.83. The van der Waals surface area contributed by atoms with Crippen molar-refractivity contribution >= 4 is 11.6 Å². The van der Waals surface area contributed by atoms with Crippen LogP contribution in [-0.2, 0) is 0 Å². The number of hydrogen-bond acceptors (Lipinski definition) is 5. The van der Waals surface area contributed by atoms with Crippen LogP contribution in [0, 0.1) is 0 Å². The molecule has 0 amide bonds. The topological polar surface area (TPSA) is 61.9 Å². The highest BCUT2D eigenvalue weighted by Gasteiger charge is 2.14. The molecule has 16 heavy (non-hydrogen) atoms. The Morgan fingerprint density at radius 3 is 2.88 bits per heavy atom. The molecule has 1 atom stereocenters. The van der Waals surface area contributed by atoms with Crippen LogP contribution >= 0.6 is 0 Å². The molecule has 1 aromatic heterocycles. The van der Waals surface area contributed by atoms with E-state index >= 15 is 0 Å². The van der Waals surface area contributed by atoms with Gasteiger partial charge in [-0.2, -0.15) is 0 Å². The molecule has 1 aliphatic rings. The summed E-state index contributed by atoms with van der Waals surface area (Å²) >= 11 is 0. The van der Waals surface area contributed by atoms with Crippen molar-refractivity contribution < 1.29 is 0 Å². The van der Waals surface area contributed by atoms with Gasteiger partial charge in [0.05, 0.1) is 0 Å². The highest BCUT2D eigenvalue weighted by Crippen LogP contribution is 2.12. The van der Waals surface area contributed by atoms with Crippen LogP contribution in [0.2, 0.25) is 0 Å². The molecule has 1 unspecified atom stereocenters. The standard InChI is InChI=1S/C11H19N5/c1-8(2)15-10-5-11(14-7-13-10)16-9-3-4-12-6-9/h5,7-9,12H,3-4,6H2,1-2H3,(H2,13,14,15,16). The summed E-state index contributed by atoms with van der Waals surface area (Å²) in [5, 5.41) is 9.98. The van der Waals surface area contributed by atoms with Crippen LogP contribution in [0.5, 0.6) is 0 Å². The van der Waals surface area contributed by atoms with Crippen molar-refractivity contribution in [1.29, 1.82) is 0 Å². The average Bonchev–Trinajstić information content (AvgIpc) is 2.70. The monoisotopic (exact) mass is 221 g/mol. The molecule has 0 aromatic carbocycles. The molecule has 1 aromatic rings. The fraction of sp³-hybridized carbons (Fsp3) is 0.636. The van der Waals surface area contributed by atoms with E-state index in [-0.39, 0.29) is 0 Å². The van der Waals surface area contributed by atoms with Gasteiger partial charge in [0.15, 0.2) is 0 Å². The Balaban J connectivity index is 1.97. The van der Waals surface area contributed by atoms with E-state index in [2.05, 4.69) is 39.8 Å². The quantitative estimate of drug-likeness (QED) is 0.710. The maximum absolute atomic E-state index is 4.22. The predicted octanol–water partition coefficient (Wildman–Crippen LogP) is 1.07. The first-order valence-corrected chi connectivity index (χ1v) is 5.80. The predicted molar refractivity (Wildman–Crippen MR) is 65.7 cm³/mol. The zero-order valence-electron chi connectivity index (χ0n) is 9.83. The third-order valence-corrected chi connectivity index (χ3v) is 2.52. The van der Waals surface area contributed by atoms with Gasteiger partial charge in [-0.05, 0) is 26.8 Å². The number of hydrogen-bond donors (Lipinski definition) is 3. The van der Waals surface area contributed by atoms with Gasteiger partial charge in [-0.1, -0.05) is 0 Å². The molecule has 2 rings (SSSR count). The Hall–Kier alpha value is -1.36. The van der Waals surface area contributed by atoms with Gasteiger partial charge < -0.3 is 16.0 Å². The van der Waals surface area contributed by atoms with E-state index < -0.39 is 0 Å². The van der Waals surface area contributed by atoms with Crippen LogP contribution in [0.1, 0.15) is 20.3 Å². The minimum absolute atomic E-state index is 0.385. The molecule has 5 heteroatoms. The number of nitrogens with one attached hydrogen (secondary N) is 3. The Morgan fingerprint density at radius 2 is 2.19 bits per heavy atom. The molecule has 3 N–H and O–H groups in total. The lowest BCUT2D eigenvalue weighted by Gasteiger charge is -2.13. The molecular formula is C11H19N5. The highest BCUT2D eigenvalue weighted by molar-refractivity contribution is 5.47. The Kier molecular flexibility index (Phi) is 3.56. The van der Waals surface area contributed by atoms with Gasteiger partial charge >= 0.3 is 0 Å². The summed E-state index contributed by atoms with van der Waals surface area (Å²) in [6.45, 7) is 6.28. The second-order valence-corrected chi connectivity index (χ2v) is 4.42. The third kappa shape index (κ3) is 3.06. The summed E-state index contributed by atoms with van der Waals surface area (Å²) < 4.78 is 0. The van der Waals surface area contributed by atoms with Gasteiger partial charge in [0.2, 0.25) is 0 Å². The van der Waals surface area contributed by atoms with Crippen LogP contribution in [0.15, 0.2) is 12.4 Å². The van der Waals surface area contributed by atoms with Gasteiger partial charge in [-0.3, -0.25) is 0 Å². The third-order valence-electron chi connectivity index (χ3n) is 2.52. The summed E-state index contributed by atoms with van der Waals surface area (Å²) in [4.78, 5) is 8.40. The smallest absolute Gasteiger partial charge is 0.131 e. The average molecular weight is 221 g/mol. The van der Waals surface area contributed by atoms with Crippen molar-refractivity contribution in [3.8, 4) is 0 Å². The molecule has 1 saturated heterocycles. The van der Waals surface area contributed by atoms with Crippen molar-refractivity contribution in [3.63, 3.8) is 0 Å². The van der Waals surface area contributed by atoms with E-state index in [0.29, 0.717) is 12.1 Å². The van der Waals surface area contributed by atoms with E-state index in [4.69, 9.17) is 0 Å². The molecule has 2 heterocycles. The summed E-state index contributed by atoms with van der Waals surface area (Å²) in [6.07, 6.45) is 2.74. The van der Waals surface area contributed by atoms with E-state index in [1.807, 2.05) is 6.07 Å². The zero-order chi connectivity index (χ0) is 11.4. The van der Waals surface area contributed by atoms with Gasteiger partial charge in [0.1, 0.15) is 18.0 Å². The molecule has 1 fully saturated rings. The van der Waals surface area contributed by atoms with Crippen molar-refractivity contribution in [2.45, 2.75) is 32.4 Å². The number of aromatic nitrogens is 2. The Morgan fingerprint density at radius 1 is 1.38 bits per heavy atom. The van der Waals surface area contributed by atoms with Crippen molar-refractivity contribution in [3.05, 3.63) is 12.4 Å². The fourth-order valence-corrected chi connectivity index (χ4v) is 1.80. The van der Waals surface area contributed by atoms with Crippen LogP contribution < -0.4 is 16.0 Å². The van der Waals surface area contributed by atoms with E-state index in [1.54, 1.807) is 6.33 Å². The number of nitrogens with zero attached hydrogens (tertiary/aromatic N) is 2. The maximum Gasteiger partial charge on any atom is 0.131 e. The Bertz CT molecular complexity index is 333. The SMILES string of the molecule is CC(C)Nc1cc(NC2CCNC2)ncn1. The van der Waals surface area contributed by atoms with E-state index in [9.17, 15) is 0 Å². The largest absolute Gasteiger partial charge is 0.368 e. The fourth-order valence-electron chi connectivity index (χ4n) is 1.80. The number of rotatable bonds is 4. The minimum atomic E-state index is 0.385. The summed E-state index contributed by atoms with van der Waals surface area (Å²) in [5.41, 5.74) is 0. The minimum Gasteiger partial charge on any atom is -0.368 e. The van der Waals surface area contributed by atoms with E-state index in [0.717, 1.165) is 31.1 Å². The Labute approximate surface area is 96.1 Å². The lowest BCUT2D eigenvalue weighted by molar-refractivity contribution is 0.786. The van der Waals surface area contributed by atoms with Gasteiger partial charge in [0.25, 0.3) is 0 Å². The summed E-state index contributed by atoms with van der Waals surface area (Å²) in [6, 6.07) is 2.83. The van der Waals surface area contributed by atoms with Gasteiger partial charge in [-0.15, -0.1) is 0 Å².